The van der Waals surface area contributed by atoms with Gasteiger partial charge in [-0.05, 0) is 31.7 Å². The largest absolute Gasteiger partial charge is 0.478 e. The standard InChI is InChI=1S/C14H17FN2O3/c15-11-6-13(12(16)5-10(11)14(19)20)17-7-1-2-8(17)4-9(18)3-7/h5-9,18H,1-4,16H2,(H,19,20). The van der Waals surface area contributed by atoms with Crippen LogP contribution in [0.15, 0.2) is 12.1 Å². The molecule has 1 aromatic carbocycles. The summed E-state index contributed by atoms with van der Waals surface area (Å²) in [5, 5.41) is 18.7. The highest BCUT2D eigenvalue weighted by Gasteiger charge is 2.41. The number of nitrogen functional groups attached to an aromatic ring is 1. The van der Waals surface area contributed by atoms with E-state index in [0.717, 1.165) is 12.8 Å². The predicted octanol–water partition coefficient (Wildman–Crippen LogP) is 1.60. The SMILES string of the molecule is Nc1cc(C(=O)O)c(F)cc1N1C2CCC1CC(O)C2. The van der Waals surface area contributed by atoms with Crippen LogP contribution in [0, 0.1) is 5.82 Å². The number of hydrogen-bond donors (Lipinski definition) is 3. The zero-order valence-electron chi connectivity index (χ0n) is 10.9. The number of aliphatic hydroxyl groups is 1. The molecule has 0 saturated carbocycles. The first kappa shape index (κ1) is 13.2. The molecule has 0 amide bonds. The highest BCUT2D eigenvalue weighted by molar-refractivity contribution is 5.91. The number of carbonyl (C=O) groups is 1. The number of aromatic carboxylic acids is 1. The van der Waals surface area contributed by atoms with Gasteiger partial charge in [0.2, 0.25) is 0 Å². The number of halogens is 1. The fraction of sp³-hybridized carbons (Fsp3) is 0.500. The van der Waals surface area contributed by atoms with Crippen LogP contribution in [0.5, 0.6) is 0 Å². The number of rotatable bonds is 2. The molecule has 2 bridgehead atoms. The van der Waals surface area contributed by atoms with Gasteiger partial charge in [0.15, 0.2) is 0 Å². The molecule has 108 valence electrons. The topological polar surface area (TPSA) is 86.8 Å². The van der Waals surface area contributed by atoms with Gasteiger partial charge in [0.25, 0.3) is 0 Å². The number of piperidine rings is 1. The van der Waals surface area contributed by atoms with Crippen LogP contribution >= 0.6 is 0 Å². The summed E-state index contributed by atoms with van der Waals surface area (Å²) in [4.78, 5) is 13.0. The van der Waals surface area contributed by atoms with E-state index in [1.54, 1.807) is 0 Å². The molecule has 0 radical (unpaired) electrons. The number of carboxylic acids is 1. The van der Waals surface area contributed by atoms with E-state index in [9.17, 15) is 14.3 Å². The first-order valence-corrected chi connectivity index (χ1v) is 6.76. The first-order chi connectivity index (χ1) is 9.47. The third-order valence-electron chi connectivity index (χ3n) is 4.33. The maximum absolute atomic E-state index is 13.9. The molecule has 2 aliphatic rings. The summed E-state index contributed by atoms with van der Waals surface area (Å²) < 4.78 is 13.9. The lowest BCUT2D eigenvalue weighted by atomic mass is 9.98. The molecule has 2 aliphatic heterocycles. The summed E-state index contributed by atoms with van der Waals surface area (Å²) in [6.07, 6.45) is 2.89. The quantitative estimate of drug-likeness (QED) is 0.716. The van der Waals surface area contributed by atoms with Crippen molar-refractivity contribution < 1.29 is 19.4 Å². The molecule has 0 spiro atoms. The Kier molecular flexibility index (Phi) is 3.05. The van der Waals surface area contributed by atoms with Crippen LogP contribution in [0.2, 0.25) is 0 Å². The summed E-state index contributed by atoms with van der Waals surface area (Å²) in [5.41, 5.74) is 6.33. The summed E-state index contributed by atoms with van der Waals surface area (Å²) in [6, 6.07) is 2.70. The lowest BCUT2D eigenvalue weighted by molar-refractivity contribution is 0.0692. The normalized spacial score (nSPS) is 28.7. The minimum atomic E-state index is -1.32. The van der Waals surface area contributed by atoms with Gasteiger partial charge in [-0.2, -0.15) is 0 Å². The summed E-state index contributed by atoms with van der Waals surface area (Å²) >= 11 is 0. The van der Waals surface area contributed by atoms with Gasteiger partial charge in [-0.15, -0.1) is 0 Å². The Morgan fingerprint density at radius 2 is 1.90 bits per heavy atom. The molecule has 0 aromatic heterocycles. The number of hydrogen-bond acceptors (Lipinski definition) is 4. The van der Waals surface area contributed by atoms with Crippen LogP contribution in [0.4, 0.5) is 15.8 Å². The first-order valence-electron chi connectivity index (χ1n) is 6.76. The number of anilines is 2. The minimum Gasteiger partial charge on any atom is -0.478 e. The van der Waals surface area contributed by atoms with E-state index in [1.807, 2.05) is 0 Å². The smallest absolute Gasteiger partial charge is 0.338 e. The van der Waals surface area contributed by atoms with Crippen molar-refractivity contribution in [1.29, 1.82) is 0 Å². The van der Waals surface area contributed by atoms with Crippen molar-refractivity contribution in [1.82, 2.24) is 0 Å². The summed E-state index contributed by atoms with van der Waals surface area (Å²) in [6.45, 7) is 0. The average molecular weight is 280 g/mol. The van der Waals surface area contributed by atoms with Crippen LogP contribution < -0.4 is 10.6 Å². The van der Waals surface area contributed by atoms with Crippen LogP contribution in [-0.2, 0) is 0 Å². The van der Waals surface area contributed by atoms with Gasteiger partial charge in [-0.25, -0.2) is 9.18 Å². The zero-order chi connectivity index (χ0) is 14.4. The lowest BCUT2D eigenvalue weighted by Gasteiger charge is -2.39. The average Bonchev–Trinajstić information content (AvgIpc) is 2.63. The molecule has 0 aliphatic carbocycles. The fourth-order valence-electron chi connectivity index (χ4n) is 3.51. The fourth-order valence-corrected chi connectivity index (χ4v) is 3.51. The minimum absolute atomic E-state index is 0.154. The zero-order valence-corrected chi connectivity index (χ0v) is 10.9. The Hall–Kier alpha value is -1.82. The third kappa shape index (κ3) is 2.00. The second kappa shape index (κ2) is 4.63. The van der Waals surface area contributed by atoms with E-state index in [-0.39, 0.29) is 23.9 Å². The Balaban J connectivity index is 1.99. The van der Waals surface area contributed by atoms with Gasteiger partial charge in [0, 0.05) is 18.2 Å². The van der Waals surface area contributed by atoms with Crippen molar-refractivity contribution >= 4 is 17.3 Å². The Bertz CT molecular complexity index is 550. The molecule has 2 saturated heterocycles. The Morgan fingerprint density at radius 1 is 1.30 bits per heavy atom. The molecule has 20 heavy (non-hydrogen) atoms. The molecule has 2 fully saturated rings. The molecular weight excluding hydrogens is 263 g/mol. The second-order valence-corrected chi connectivity index (χ2v) is 5.61. The maximum atomic E-state index is 13.9. The van der Waals surface area contributed by atoms with Gasteiger partial charge in [0.05, 0.1) is 23.0 Å². The van der Waals surface area contributed by atoms with Gasteiger partial charge < -0.3 is 20.8 Å². The number of nitrogens with two attached hydrogens (primary N) is 1. The molecule has 1 aromatic rings. The third-order valence-corrected chi connectivity index (χ3v) is 4.33. The van der Waals surface area contributed by atoms with E-state index in [0.29, 0.717) is 18.5 Å². The van der Waals surface area contributed by atoms with Gasteiger partial charge in [-0.3, -0.25) is 0 Å². The van der Waals surface area contributed by atoms with Gasteiger partial charge >= 0.3 is 5.97 Å². The maximum Gasteiger partial charge on any atom is 0.338 e. The number of carboxylic acid groups (broad SMARTS) is 1. The van der Waals surface area contributed by atoms with E-state index >= 15 is 0 Å². The van der Waals surface area contributed by atoms with Crippen LogP contribution in [0.1, 0.15) is 36.0 Å². The van der Waals surface area contributed by atoms with E-state index in [4.69, 9.17) is 10.8 Å². The monoisotopic (exact) mass is 280 g/mol. The van der Waals surface area contributed by atoms with E-state index in [2.05, 4.69) is 4.90 Å². The number of nitrogens with zero attached hydrogens (tertiary/aromatic N) is 1. The van der Waals surface area contributed by atoms with Crippen molar-refractivity contribution in [2.75, 3.05) is 10.6 Å². The van der Waals surface area contributed by atoms with E-state index < -0.39 is 17.3 Å². The molecular formula is C14H17FN2O3. The van der Waals surface area contributed by atoms with Crippen molar-refractivity contribution in [2.45, 2.75) is 43.9 Å². The molecule has 4 N–H and O–H groups in total. The second-order valence-electron chi connectivity index (χ2n) is 5.61. The highest BCUT2D eigenvalue weighted by atomic mass is 19.1. The molecule has 6 heteroatoms. The summed E-state index contributed by atoms with van der Waals surface area (Å²) in [5.74, 6) is -2.09. The predicted molar refractivity (Wildman–Crippen MR) is 72.3 cm³/mol. The van der Waals surface area contributed by atoms with Crippen molar-refractivity contribution in [3.8, 4) is 0 Å². The van der Waals surface area contributed by atoms with Crippen molar-refractivity contribution in [3.63, 3.8) is 0 Å². The van der Waals surface area contributed by atoms with Crippen LogP contribution in [0.3, 0.4) is 0 Å². The number of benzene rings is 1. The van der Waals surface area contributed by atoms with Gasteiger partial charge in [-0.1, -0.05) is 0 Å². The molecule has 2 atom stereocenters. The molecule has 5 nitrogen and oxygen atoms in total. The Labute approximate surface area is 115 Å². The van der Waals surface area contributed by atoms with E-state index in [1.165, 1.54) is 12.1 Å². The molecule has 2 unspecified atom stereocenters. The van der Waals surface area contributed by atoms with Crippen LogP contribution in [0.25, 0.3) is 0 Å². The lowest BCUT2D eigenvalue weighted by Crippen LogP contribution is -2.45. The molecule has 2 heterocycles. The number of aliphatic hydroxyl groups excluding tert-OH is 1. The summed E-state index contributed by atoms with van der Waals surface area (Å²) in [7, 11) is 0. The van der Waals surface area contributed by atoms with Gasteiger partial charge in [0.1, 0.15) is 5.82 Å². The highest BCUT2D eigenvalue weighted by Crippen LogP contribution is 2.42. The van der Waals surface area contributed by atoms with Crippen molar-refractivity contribution in [2.24, 2.45) is 0 Å². The molecule has 3 rings (SSSR count). The Morgan fingerprint density at radius 3 is 2.45 bits per heavy atom. The number of fused-ring (bicyclic) bond motifs is 2. The van der Waals surface area contributed by atoms with Crippen LogP contribution in [-0.4, -0.2) is 34.4 Å². The van der Waals surface area contributed by atoms with Crippen molar-refractivity contribution in [3.05, 3.63) is 23.5 Å².